The fraction of sp³-hybridized carbons (Fsp3) is 0.760. The van der Waals surface area contributed by atoms with Crippen LogP contribution in [0.5, 0.6) is 0 Å². The molecule has 4 rings (SSSR count). The minimum absolute atomic E-state index is 0.0174. The monoisotopic (exact) mass is 412 g/mol. The van der Waals surface area contributed by atoms with Crippen molar-refractivity contribution in [1.82, 2.24) is 0 Å². The molecule has 4 heteroatoms. The normalized spacial score (nSPS) is 50.8. The lowest BCUT2D eigenvalue weighted by Gasteiger charge is -2.45. The lowest BCUT2D eigenvalue weighted by Crippen LogP contribution is -2.48. The van der Waals surface area contributed by atoms with Crippen molar-refractivity contribution in [2.24, 2.45) is 29.6 Å². The molecule has 0 aromatic heterocycles. The summed E-state index contributed by atoms with van der Waals surface area (Å²) in [7, 11) is 0. The molecule has 162 valence electrons. The Labute approximate surface area is 182 Å². The van der Waals surface area contributed by atoms with Crippen molar-refractivity contribution in [3.63, 3.8) is 0 Å². The summed E-state index contributed by atoms with van der Waals surface area (Å²) in [5.74, 6) is -0.239. The first-order chi connectivity index (χ1) is 16.4. The molecule has 2 saturated carbocycles. The summed E-state index contributed by atoms with van der Waals surface area (Å²) in [5, 5.41) is 20.0. The Balaban J connectivity index is 1.67. The molecule has 2 N–H and O–H groups in total. The van der Waals surface area contributed by atoms with Gasteiger partial charge >= 0.3 is 0 Å². The van der Waals surface area contributed by atoms with Gasteiger partial charge in [-0.3, -0.25) is 0 Å². The van der Waals surface area contributed by atoms with Gasteiger partial charge in [-0.25, -0.2) is 0 Å². The topological polar surface area (TPSA) is 65.5 Å². The molecule has 4 nitrogen and oxygen atoms in total. The molecule has 2 heterocycles. The highest BCUT2D eigenvalue weighted by atomic mass is 16.6. The average molecular weight is 413 g/mol. The summed E-state index contributed by atoms with van der Waals surface area (Å²) in [5.41, 5.74) is 0.449. The van der Waals surface area contributed by atoms with Crippen molar-refractivity contribution in [2.45, 2.75) is 83.8 Å². The van der Waals surface area contributed by atoms with Gasteiger partial charge in [-0.15, -0.1) is 0 Å². The third-order valence-electron chi connectivity index (χ3n) is 7.56. The highest BCUT2D eigenvalue weighted by Crippen LogP contribution is 2.67. The zero-order valence-electron chi connectivity index (χ0n) is 22.3. The molecular formula is C25H38O4. The zero-order chi connectivity index (χ0) is 24.7. The highest BCUT2D eigenvalue weighted by Gasteiger charge is 2.72. The van der Waals surface area contributed by atoms with E-state index in [1.54, 1.807) is 6.08 Å². The van der Waals surface area contributed by atoms with E-state index in [1.165, 1.54) is 0 Å². The van der Waals surface area contributed by atoms with Gasteiger partial charge in [0.1, 0.15) is 0 Å². The molecule has 2 aliphatic heterocycles. The second kappa shape index (κ2) is 7.33. The van der Waals surface area contributed by atoms with Gasteiger partial charge < -0.3 is 19.7 Å². The molecule has 29 heavy (non-hydrogen) atoms. The van der Waals surface area contributed by atoms with Crippen LogP contribution in [0.25, 0.3) is 0 Å². The van der Waals surface area contributed by atoms with E-state index in [2.05, 4.69) is 6.08 Å². The maximum absolute atomic E-state index is 10.5. The number of fused-ring (bicyclic) bond motifs is 4. The van der Waals surface area contributed by atoms with Gasteiger partial charge in [0.25, 0.3) is 0 Å². The third kappa shape index (κ3) is 3.46. The molecule has 4 fully saturated rings. The average Bonchev–Trinajstić information content (AvgIpc) is 3.76. The standard InChI is InChI=1S/C25H38O4/c1-7-14(2)21-17(10-8-9-15(3)22(27)16(4)13-26)18-11-20-24(5,28-20)12-19(18)23-25(21,6)29-23/h7-10,16-23,26-27H,11-13H2,1-6H3/b10-8+,14-7+,15-9+/t16-,17-,18-,19+,20-,21-,22+,23-,24+,25+/m0/s1/i2T,3T,4T,5T,6T. The minimum atomic E-state index is -1.04. The number of ether oxygens (including phenoxy) is 2. The van der Waals surface area contributed by atoms with Crippen LogP contribution in [0, 0.1) is 29.6 Å². The summed E-state index contributed by atoms with van der Waals surface area (Å²) >= 11 is 0. The Bertz CT molecular complexity index is 830. The second-order valence-electron chi connectivity index (χ2n) is 9.36. The van der Waals surface area contributed by atoms with E-state index in [9.17, 15) is 10.2 Å². The van der Waals surface area contributed by atoms with E-state index < -0.39 is 17.6 Å². The maximum Gasteiger partial charge on any atom is 0.0993 e. The first-order valence-corrected chi connectivity index (χ1v) is 10.5. The Hall–Kier alpha value is -0.940. The van der Waals surface area contributed by atoms with E-state index >= 15 is 0 Å². The van der Waals surface area contributed by atoms with Gasteiger partial charge in [0.2, 0.25) is 0 Å². The number of aliphatic hydroxyl groups excluding tert-OH is 2. The van der Waals surface area contributed by atoms with Crippen LogP contribution in [0.4, 0.5) is 0 Å². The van der Waals surface area contributed by atoms with Crippen molar-refractivity contribution in [3.05, 3.63) is 35.5 Å². The van der Waals surface area contributed by atoms with Crippen molar-refractivity contribution in [3.8, 4) is 0 Å². The molecule has 0 radical (unpaired) electrons. The molecule has 0 aromatic rings. The van der Waals surface area contributed by atoms with Crippen LogP contribution in [-0.4, -0.2) is 46.3 Å². The van der Waals surface area contributed by atoms with Crippen LogP contribution in [0.3, 0.4) is 0 Å². The van der Waals surface area contributed by atoms with E-state index in [0.29, 0.717) is 5.57 Å². The van der Waals surface area contributed by atoms with E-state index in [1.807, 2.05) is 19.1 Å². The molecule has 0 bridgehead atoms. The first kappa shape index (κ1) is 15.8. The van der Waals surface area contributed by atoms with Gasteiger partial charge in [0, 0.05) is 25.3 Å². The van der Waals surface area contributed by atoms with Gasteiger partial charge in [-0.2, -0.15) is 0 Å². The number of allylic oxidation sites excluding steroid dienone is 4. The van der Waals surface area contributed by atoms with Crippen LogP contribution >= 0.6 is 0 Å². The van der Waals surface area contributed by atoms with Crippen molar-refractivity contribution in [2.75, 3.05) is 6.61 Å². The minimum Gasteiger partial charge on any atom is -0.396 e. The Kier molecular flexibility index (Phi) is 4.00. The maximum atomic E-state index is 10.5. The molecule has 2 saturated heterocycles. The quantitative estimate of drug-likeness (QED) is 0.393. The molecule has 0 aromatic carbocycles. The summed E-state index contributed by atoms with van der Waals surface area (Å²) in [6, 6.07) is 0. The van der Waals surface area contributed by atoms with Crippen LogP contribution in [0.1, 0.15) is 61.1 Å². The summed E-state index contributed by atoms with van der Waals surface area (Å²) < 4.78 is 52.2. The second-order valence-corrected chi connectivity index (χ2v) is 9.36. The smallest absolute Gasteiger partial charge is 0.0993 e. The Morgan fingerprint density at radius 3 is 2.83 bits per heavy atom. The molecular weight excluding hydrogens is 364 g/mol. The van der Waals surface area contributed by atoms with E-state index in [-0.39, 0.29) is 82.6 Å². The molecule has 2 aliphatic carbocycles. The molecule has 4 aliphatic rings. The van der Waals surface area contributed by atoms with Gasteiger partial charge in [-0.1, -0.05) is 36.8 Å². The van der Waals surface area contributed by atoms with Crippen molar-refractivity contribution >= 4 is 0 Å². The van der Waals surface area contributed by atoms with Gasteiger partial charge in [0.05, 0.1) is 29.5 Å². The summed E-state index contributed by atoms with van der Waals surface area (Å²) in [6.07, 6.45) is 8.26. The fourth-order valence-electron chi connectivity index (χ4n) is 5.72. The van der Waals surface area contributed by atoms with Gasteiger partial charge in [-0.05, 0) is 70.7 Å². The molecule has 10 atom stereocenters. The summed E-state index contributed by atoms with van der Waals surface area (Å²) in [6.45, 7) is 1.90. The molecule has 0 spiro atoms. The first-order valence-electron chi connectivity index (χ1n) is 14.1. The van der Waals surface area contributed by atoms with Crippen LogP contribution in [0.2, 0.25) is 0 Å². The Morgan fingerprint density at radius 2 is 2.17 bits per heavy atom. The van der Waals surface area contributed by atoms with Crippen LogP contribution in [-0.2, 0) is 9.47 Å². The SMILES string of the molecule is [3H]C/C(=C\C=C\[C@H]1[C@@H]2C[C@@H]3O[C@]3(C[3H])C[C@H]2[C@@H]2O[C@]2(C[3H])[C@H]1/C(=C/C)C[3H])[C@@H](O)[C@@H](C[3H])CO. The van der Waals surface area contributed by atoms with Gasteiger partial charge in [0.15, 0.2) is 0 Å². The number of epoxide rings is 2. The lowest BCUT2D eigenvalue weighted by molar-refractivity contribution is 0.0997. The largest absolute Gasteiger partial charge is 0.396 e. The van der Waals surface area contributed by atoms with Crippen molar-refractivity contribution in [1.29, 1.82) is 0 Å². The predicted octanol–water partition coefficient (Wildman–Crippen LogP) is 4.03. The number of aliphatic hydroxyl groups is 2. The Morgan fingerprint density at radius 1 is 1.28 bits per heavy atom. The number of rotatable bonds is 6. The molecule has 0 unspecified atom stereocenters. The predicted molar refractivity (Wildman–Crippen MR) is 114 cm³/mol. The number of hydrogen-bond donors (Lipinski definition) is 2. The zero-order valence-corrected chi connectivity index (χ0v) is 17.3. The number of hydrogen-bond acceptors (Lipinski definition) is 4. The van der Waals surface area contributed by atoms with Crippen molar-refractivity contribution < 1.29 is 26.5 Å². The third-order valence-corrected chi connectivity index (χ3v) is 7.56. The fourth-order valence-corrected chi connectivity index (χ4v) is 5.72. The van der Waals surface area contributed by atoms with E-state index in [4.69, 9.17) is 16.3 Å². The lowest BCUT2D eigenvalue weighted by atomic mass is 9.55. The highest BCUT2D eigenvalue weighted by molar-refractivity contribution is 5.30. The van der Waals surface area contributed by atoms with Crippen LogP contribution < -0.4 is 0 Å². The van der Waals surface area contributed by atoms with Crippen LogP contribution in [0.15, 0.2) is 35.5 Å². The molecule has 0 amide bonds. The van der Waals surface area contributed by atoms with E-state index in [0.717, 1.165) is 18.4 Å². The summed E-state index contributed by atoms with van der Waals surface area (Å²) in [4.78, 5) is 0.